The molecule has 0 unspecified atom stereocenters. The van der Waals surface area contributed by atoms with E-state index in [4.69, 9.17) is 19.2 Å². The topological polar surface area (TPSA) is 77.8 Å². The zero-order chi connectivity index (χ0) is 4.50. The normalized spacial score (nSPS) is 8.43. The Morgan fingerprint density at radius 2 is 1.14 bits per heavy atom. The zero-order valence-electron chi connectivity index (χ0n) is 2.20. The minimum absolute atomic E-state index is 0. The molecule has 0 aliphatic rings. The second-order valence-electron chi connectivity index (χ2n) is 0.513. The van der Waals surface area contributed by atoms with Crippen LogP contribution in [0, 0.1) is 0 Å². The monoisotopic (exact) mass is 248 g/mol. The van der Waals surface area contributed by atoms with E-state index < -0.39 is 7.82 Å². The van der Waals surface area contributed by atoms with Crippen molar-refractivity contribution in [3.05, 3.63) is 0 Å². The fourth-order valence-corrected chi connectivity index (χ4v) is 0. The molecule has 0 aromatic rings. The van der Waals surface area contributed by atoms with Gasteiger partial charge < -0.3 is 14.7 Å². The average Bonchev–Trinajstić information content (AvgIpc) is 0.722. The van der Waals surface area contributed by atoms with Gasteiger partial charge in [0.2, 0.25) is 0 Å². The third kappa shape index (κ3) is 136. The smallest absolute Gasteiger partial charge is 0.0149 e. The van der Waals surface area contributed by atoms with E-state index in [0.717, 1.165) is 0 Å². The van der Waals surface area contributed by atoms with Crippen LogP contribution >= 0.6 is 7.82 Å². The van der Waals surface area contributed by atoms with Crippen LogP contribution in [-0.2, 0) is 4.57 Å². The van der Waals surface area contributed by atoms with E-state index in [9.17, 15) is 0 Å². The first-order chi connectivity index (χ1) is 2.00. The molecule has 0 rings (SSSR count). The van der Waals surface area contributed by atoms with Crippen LogP contribution in [0.25, 0.3) is 0 Å². The maximum atomic E-state index is 8.88. The van der Waals surface area contributed by atoms with Crippen molar-refractivity contribution in [1.82, 2.24) is 0 Å². The van der Waals surface area contributed by atoms with E-state index in [0.29, 0.717) is 0 Å². The van der Waals surface area contributed by atoms with Crippen molar-refractivity contribution in [2.75, 3.05) is 0 Å². The molecule has 0 saturated carbocycles. The molecule has 0 radical (unpaired) electrons. The molecular weight excluding hydrogens is 238 g/mol. The van der Waals surface area contributed by atoms with Crippen molar-refractivity contribution in [2.45, 2.75) is 0 Å². The van der Waals surface area contributed by atoms with Gasteiger partial charge in [-0.3, -0.25) is 0 Å². The first-order valence-corrected chi connectivity index (χ1v) is 2.35. The van der Waals surface area contributed by atoms with Crippen molar-refractivity contribution in [2.24, 2.45) is 0 Å². The second kappa shape index (κ2) is 5.34. The van der Waals surface area contributed by atoms with Gasteiger partial charge >= 0.3 is 33.7 Å². The maximum Gasteiger partial charge on any atom is -0.0149 e. The SMILES string of the molecule is O=P(O)(O)O.[InH3].[SiH4]. The van der Waals surface area contributed by atoms with E-state index in [1.54, 1.807) is 0 Å². The Hall–Kier alpha value is 1.20. The summed E-state index contributed by atoms with van der Waals surface area (Å²) < 4.78 is 8.88. The molecule has 46 valence electrons. The van der Waals surface area contributed by atoms with Gasteiger partial charge in [0, 0.05) is 0 Å². The molecular formula is H10InO4PSi. The third-order valence-corrected chi connectivity index (χ3v) is 0. The predicted molar refractivity (Wildman–Crippen MR) is 35.5 cm³/mol. The van der Waals surface area contributed by atoms with Crippen LogP contribution in [0.3, 0.4) is 0 Å². The van der Waals surface area contributed by atoms with E-state index in [1.807, 2.05) is 0 Å². The minimum Gasteiger partial charge on any atom is -0.0149 e. The molecule has 0 aromatic carbocycles. The first-order valence-electron chi connectivity index (χ1n) is 0.783. The molecule has 0 atom stereocenters. The summed E-state index contributed by atoms with van der Waals surface area (Å²) >= 11 is 0. The Labute approximate surface area is 64.0 Å². The largest absolute Gasteiger partial charge is 0.0149 e. The van der Waals surface area contributed by atoms with Crippen molar-refractivity contribution in [1.29, 1.82) is 0 Å². The zero-order valence-corrected chi connectivity index (χ0v) is 3.09. The third-order valence-electron chi connectivity index (χ3n) is 0. The summed E-state index contributed by atoms with van der Waals surface area (Å²) in [4.78, 5) is 21.6. The van der Waals surface area contributed by atoms with Gasteiger partial charge in [0.25, 0.3) is 0 Å². The molecule has 0 amide bonds. The number of hydrogen-bond acceptors (Lipinski definition) is 1. The van der Waals surface area contributed by atoms with Crippen molar-refractivity contribution >= 4 is 44.6 Å². The molecule has 0 fully saturated rings. The Morgan fingerprint density at radius 3 is 1.14 bits per heavy atom. The number of rotatable bonds is 0. The molecule has 3 N–H and O–H groups in total. The molecule has 0 aromatic heterocycles. The van der Waals surface area contributed by atoms with Gasteiger partial charge in [-0.2, -0.15) is 0 Å². The van der Waals surface area contributed by atoms with Crippen LogP contribution in [-0.4, -0.2) is 51.5 Å². The van der Waals surface area contributed by atoms with Crippen LogP contribution in [0.5, 0.6) is 0 Å². The first kappa shape index (κ1) is 15.7. The molecule has 4 nitrogen and oxygen atoms in total. The van der Waals surface area contributed by atoms with Gasteiger partial charge in [0.1, 0.15) is 0 Å². The van der Waals surface area contributed by atoms with E-state index in [-0.39, 0.29) is 36.8 Å². The summed E-state index contributed by atoms with van der Waals surface area (Å²) in [5.41, 5.74) is 0. The molecule has 7 heavy (non-hydrogen) atoms. The molecule has 7 heteroatoms. The van der Waals surface area contributed by atoms with E-state index in [2.05, 4.69) is 0 Å². The summed E-state index contributed by atoms with van der Waals surface area (Å²) in [5.74, 6) is 0. The molecule has 0 aliphatic carbocycles. The Balaban J connectivity index is -0.0000000800. The molecule has 0 spiro atoms. The summed E-state index contributed by atoms with van der Waals surface area (Å²) in [6.07, 6.45) is 0. The van der Waals surface area contributed by atoms with Crippen molar-refractivity contribution in [3.8, 4) is 0 Å². The molecule has 0 heterocycles. The molecule has 0 bridgehead atoms. The molecule has 0 aliphatic heterocycles. The Kier molecular flexibility index (Phi) is 12.0. The van der Waals surface area contributed by atoms with Crippen molar-refractivity contribution < 1.29 is 19.2 Å². The van der Waals surface area contributed by atoms with E-state index in [1.165, 1.54) is 0 Å². The maximum absolute atomic E-state index is 8.88. The van der Waals surface area contributed by atoms with Gasteiger partial charge in [0.15, 0.2) is 0 Å². The van der Waals surface area contributed by atoms with Crippen LogP contribution in [0.1, 0.15) is 0 Å². The molecule has 0 saturated heterocycles. The Morgan fingerprint density at radius 1 is 1.14 bits per heavy atom. The van der Waals surface area contributed by atoms with Crippen LogP contribution in [0.2, 0.25) is 0 Å². The van der Waals surface area contributed by atoms with Gasteiger partial charge in [-0.15, -0.1) is 0 Å². The van der Waals surface area contributed by atoms with Crippen LogP contribution in [0.15, 0.2) is 0 Å². The number of phosphoric acid groups is 1. The number of hydrogen-bond donors (Lipinski definition) is 3. The van der Waals surface area contributed by atoms with Crippen LogP contribution < -0.4 is 0 Å². The van der Waals surface area contributed by atoms with Gasteiger partial charge in [-0.05, 0) is 11.0 Å². The quantitative estimate of drug-likeness (QED) is 0.306. The Bertz CT molecular complexity index is 57.8. The van der Waals surface area contributed by atoms with Gasteiger partial charge in [0.05, 0.1) is 0 Å². The van der Waals surface area contributed by atoms with Crippen molar-refractivity contribution in [3.63, 3.8) is 0 Å². The summed E-state index contributed by atoms with van der Waals surface area (Å²) in [7, 11) is -4.64. The average molecular weight is 248 g/mol. The second-order valence-corrected chi connectivity index (χ2v) is 1.54. The fourth-order valence-electron chi connectivity index (χ4n) is 0. The summed E-state index contributed by atoms with van der Waals surface area (Å²) in [6.45, 7) is 0. The van der Waals surface area contributed by atoms with Gasteiger partial charge in [-0.1, -0.05) is 0 Å². The fraction of sp³-hybridized carbons (Fsp3) is 0. The minimum atomic E-state index is -4.64. The summed E-state index contributed by atoms with van der Waals surface area (Å²) in [6, 6.07) is 0. The van der Waals surface area contributed by atoms with Crippen LogP contribution in [0.4, 0.5) is 0 Å². The predicted octanol–water partition coefficient (Wildman–Crippen LogP) is -3.56. The van der Waals surface area contributed by atoms with E-state index >= 15 is 0 Å². The summed E-state index contributed by atoms with van der Waals surface area (Å²) in [5, 5.41) is 0. The standard InChI is InChI=1S/In.H3O4P.H4Si.3H/c;1-5(2,3)4;;;;/h;(H3,1,2,3,4);1H4;;;. The van der Waals surface area contributed by atoms with Gasteiger partial charge in [-0.25, -0.2) is 4.57 Å².